The molecule has 2 aliphatic carbocycles. The molecule has 0 amide bonds. The van der Waals surface area contributed by atoms with Crippen molar-refractivity contribution in [1.29, 1.82) is 0 Å². The van der Waals surface area contributed by atoms with Crippen LogP contribution >= 0.6 is 0 Å². The van der Waals surface area contributed by atoms with Crippen LogP contribution in [0.15, 0.2) is 90.5 Å². The fraction of sp³-hybridized carbons (Fsp3) is 0.423. The Balaban J connectivity index is 0.00000336. The van der Waals surface area contributed by atoms with Crippen molar-refractivity contribution in [2.75, 3.05) is 0 Å². The smallest absolute Gasteiger partial charge is 1.00 e. The molecule has 0 heterocycles. The molecule has 0 bridgehead atoms. The van der Waals surface area contributed by atoms with Crippen molar-refractivity contribution in [1.82, 2.24) is 0 Å². The van der Waals surface area contributed by atoms with Crippen molar-refractivity contribution in [3.8, 4) is 11.1 Å². The number of allylic oxidation sites excluding steroid dienone is 4. The zero-order valence-corrected chi connectivity index (χ0v) is 40.4. The molecule has 0 radical (unpaired) electrons. The fourth-order valence-corrected chi connectivity index (χ4v) is 9.38. The third-order valence-corrected chi connectivity index (χ3v) is 12.8. The first-order valence-corrected chi connectivity index (χ1v) is 21.0. The zero-order chi connectivity index (χ0) is 39.2. The average molecular weight is 850 g/mol. The summed E-state index contributed by atoms with van der Waals surface area (Å²) >= 11 is 1.47. The molecule has 0 aliphatic heterocycles. The average Bonchev–Trinajstić information content (AvgIpc) is 3.56. The minimum Gasteiger partial charge on any atom is -1.00 e. The van der Waals surface area contributed by atoms with Gasteiger partial charge in [0.25, 0.3) is 0 Å². The second-order valence-electron chi connectivity index (χ2n) is 21.0. The molecule has 0 saturated heterocycles. The van der Waals surface area contributed by atoms with Gasteiger partial charge in [-0.3, -0.25) is 0 Å². The van der Waals surface area contributed by atoms with E-state index in [0.29, 0.717) is 5.92 Å². The summed E-state index contributed by atoms with van der Waals surface area (Å²) in [7, 11) is 0. The van der Waals surface area contributed by atoms with E-state index >= 15 is 0 Å². The van der Waals surface area contributed by atoms with Gasteiger partial charge in [-0.2, -0.15) is 0 Å². The second kappa shape index (κ2) is 15.4. The number of fused-ring (bicyclic) bond motifs is 3. The molecule has 0 saturated carbocycles. The van der Waals surface area contributed by atoms with Crippen molar-refractivity contribution in [3.05, 3.63) is 145 Å². The van der Waals surface area contributed by atoms with Crippen LogP contribution in [0.25, 0.3) is 25.6 Å². The van der Waals surface area contributed by atoms with E-state index in [1.165, 1.54) is 111 Å². The maximum absolute atomic E-state index is 2.59. The van der Waals surface area contributed by atoms with Crippen LogP contribution in [0.3, 0.4) is 0 Å². The van der Waals surface area contributed by atoms with E-state index in [-0.39, 0.29) is 51.9 Å². The number of halogens is 2. The monoisotopic (exact) mass is 847 g/mol. The minimum absolute atomic E-state index is 0. The van der Waals surface area contributed by atoms with Crippen LogP contribution in [0.4, 0.5) is 0 Å². The van der Waals surface area contributed by atoms with Crippen LogP contribution in [0, 0.1) is 11.3 Å². The Morgan fingerprint density at radius 1 is 0.509 bits per heavy atom. The van der Waals surface area contributed by atoms with Gasteiger partial charge in [0.1, 0.15) is 0 Å². The first-order valence-electron chi connectivity index (χ1n) is 19.8. The molecule has 6 rings (SSSR count). The maximum Gasteiger partial charge on any atom is -1.00 e. The largest absolute Gasteiger partial charge is 1.00 e. The second-order valence-corrected chi connectivity index (χ2v) is 22.3. The molecule has 4 aromatic rings. The van der Waals surface area contributed by atoms with E-state index in [9.17, 15) is 0 Å². The molecule has 55 heavy (non-hydrogen) atoms. The minimum atomic E-state index is -0.131. The first-order chi connectivity index (χ1) is 24.3. The third-order valence-electron chi connectivity index (χ3n) is 11.5. The summed E-state index contributed by atoms with van der Waals surface area (Å²) in [6.45, 7) is 37.7. The summed E-state index contributed by atoms with van der Waals surface area (Å²) in [5.74, 6) is 0.322. The van der Waals surface area contributed by atoms with Gasteiger partial charge in [0, 0.05) is 0 Å². The molecule has 3 heteroatoms. The summed E-state index contributed by atoms with van der Waals surface area (Å²) in [6.07, 6.45) is 5.09. The van der Waals surface area contributed by atoms with Crippen LogP contribution in [-0.2, 0) is 46.4 Å². The quantitative estimate of drug-likeness (QED) is 0.213. The third kappa shape index (κ3) is 8.71. The van der Waals surface area contributed by atoms with Gasteiger partial charge >= 0.3 is 340 Å². The molecular formula is C52H63Cl2Zr. The van der Waals surface area contributed by atoms with Gasteiger partial charge in [0.05, 0.1) is 0 Å². The fourth-order valence-electron chi connectivity index (χ4n) is 8.23. The molecule has 2 aliphatic rings. The van der Waals surface area contributed by atoms with E-state index in [4.69, 9.17) is 0 Å². The SMILES string of the molecule is CC1C=C(C(C)(C)C)C=C1c1c(C(C)(C)C)c(=C(c2ccc(C(C)(C)C)cc2)c2ccc(C(C)(C)C)cc2)cc2c1=[C]([Zr+2])c1cc(C(C)(C)C)ccc1-2.[Cl-].[Cl-]. The van der Waals surface area contributed by atoms with Gasteiger partial charge in [0.2, 0.25) is 0 Å². The molecule has 289 valence electrons. The predicted octanol–water partition coefficient (Wildman–Crippen LogP) is 6.82. The number of hydrogen-bond acceptors (Lipinski definition) is 0. The van der Waals surface area contributed by atoms with Crippen molar-refractivity contribution in [3.63, 3.8) is 0 Å². The van der Waals surface area contributed by atoms with Crippen LogP contribution in [0.1, 0.15) is 155 Å². The van der Waals surface area contributed by atoms with E-state index in [0.717, 1.165) is 0 Å². The summed E-state index contributed by atoms with van der Waals surface area (Å²) in [4.78, 5) is 0. The molecule has 0 nitrogen and oxygen atoms in total. The standard InChI is InChI=1S/C52H63.2ClH.Zr/c1-32-27-39(51(11,12)13)30-41(32)46-43-29-35-28-38(50(8,9)10)25-26-40(35)42(43)31-44(47(46)52(14,15)16)45(33-17-21-36(22-18-33)48(2,3)4)34-19-23-37(24-20-34)49(5,6)7;;;/h17-28,30-32H,1-16H3;2*1H;/q;;;+2/p-2. The van der Waals surface area contributed by atoms with Crippen LogP contribution < -0.4 is 35.3 Å². The number of benzene rings is 4. The van der Waals surface area contributed by atoms with Gasteiger partial charge in [-0.05, 0) is 0 Å². The molecule has 1 unspecified atom stereocenters. The first kappa shape index (κ1) is 45.3. The van der Waals surface area contributed by atoms with Crippen molar-refractivity contribution >= 4 is 14.4 Å². The van der Waals surface area contributed by atoms with Crippen molar-refractivity contribution in [2.45, 2.75) is 132 Å². The molecule has 0 spiro atoms. The Kier molecular flexibility index (Phi) is 12.7. The summed E-state index contributed by atoms with van der Waals surface area (Å²) < 4.78 is 1.49. The van der Waals surface area contributed by atoms with Gasteiger partial charge in [-0.1, -0.05) is 0 Å². The Morgan fingerprint density at radius 2 is 0.964 bits per heavy atom. The summed E-state index contributed by atoms with van der Waals surface area (Å²) in [5.41, 5.74) is 18.2. The maximum atomic E-state index is 2.59. The van der Waals surface area contributed by atoms with E-state index in [1.54, 1.807) is 0 Å². The van der Waals surface area contributed by atoms with Crippen LogP contribution in [-0.4, -0.2) is 0 Å². The molecule has 1 atom stereocenters. The number of hydrogen-bond donors (Lipinski definition) is 0. The topological polar surface area (TPSA) is 0 Å². The van der Waals surface area contributed by atoms with Crippen LogP contribution in [0.5, 0.6) is 0 Å². The number of rotatable bonds is 3. The van der Waals surface area contributed by atoms with Crippen molar-refractivity contribution in [2.24, 2.45) is 11.3 Å². The Hall–Kier alpha value is -2.44. The molecular weight excluding hydrogens is 787 g/mol. The van der Waals surface area contributed by atoms with Gasteiger partial charge in [0.15, 0.2) is 0 Å². The molecule has 0 N–H and O–H groups in total. The Bertz CT molecular complexity index is 2220. The zero-order valence-electron chi connectivity index (χ0n) is 36.4. The van der Waals surface area contributed by atoms with E-state index in [2.05, 4.69) is 196 Å². The molecule has 0 aromatic heterocycles. The Labute approximate surface area is 361 Å². The Morgan fingerprint density at radius 3 is 1.36 bits per heavy atom. The summed E-state index contributed by atoms with van der Waals surface area (Å²) in [6, 6.07) is 28.9. The van der Waals surface area contributed by atoms with Gasteiger partial charge in [-0.15, -0.1) is 0 Å². The van der Waals surface area contributed by atoms with Gasteiger partial charge in [-0.25, -0.2) is 0 Å². The predicted molar refractivity (Wildman–Crippen MR) is 228 cm³/mol. The molecule has 0 fully saturated rings. The van der Waals surface area contributed by atoms with E-state index in [1.807, 2.05) is 0 Å². The summed E-state index contributed by atoms with van der Waals surface area (Å²) in [5, 5.41) is 2.82. The van der Waals surface area contributed by atoms with Crippen molar-refractivity contribution < 1.29 is 49.5 Å². The van der Waals surface area contributed by atoms with Crippen LogP contribution in [0.2, 0.25) is 0 Å². The van der Waals surface area contributed by atoms with E-state index < -0.39 is 0 Å². The van der Waals surface area contributed by atoms with Gasteiger partial charge < -0.3 is 24.8 Å². The normalized spacial score (nSPS) is 15.8. The molecule has 4 aromatic carbocycles.